The summed E-state index contributed by atoms with van der Waals surface area (Å²) in [4.78, 5) is 12.2. The van der Waals surface area contributed by atoms with E-state index in [0.29, 0.717) is 29.9 Å². The van der Waals surface area contributed by atoms with Crippen molar-refractivity contribution in [1.82, 2.24) is 5.32 Å². The molecule has 3 rings (SSSR count). The maximum Gasteiger partial charge on any atom is 0.328 e. The van der Waals surface area contributed by atoms with Crippen molar-refractivity contribution < 1.29 is 9.53 Å². The van der Waals surface area contributed by atoms with Gasteiger partial charge in [0, 0.05) is 12.0 Å². The molecule has 0 amide bonds. The molecule has 0 bridgehead atoms. The highest BCUT2D eigenvalue weighted by atomic mass is 16.5. The number of carbonyl (C=O) groups excluding carboxylic acids is 1. The fraction of sp³-hybridized carbons (Fsp3) is 0.786. The molecular weight excluding hydrogens is 214 g/mol. The van der Waals surface area contributed by atoms with E-state index < -0.39 is 5.54 Å². The highest BCUT2D eigenvalue weighted by Gasteiger charge is 2.86. The van der Waals surface area contributed by atoms with Gasteiger partial charge in [-0.3, -0.25) is 5.32 Å². The summed E-state index contributed by atoms with van der Waals surface area (Å²) in [7, 11) is 0. The number of hydrogen-bond acceptors (Lipinski definition) is 3. The average Bonchev–Trinajstić information content (AvgIpc) is 3.03. The minimum atomic E-state index is -0.424. The van der Waals surface area contributed by atoms with Gasteiger partial charge in [0.1, 0.15) is 5.54 Å². The van der Waals surface area contributed by atoms with Gasteiger partial charge in [-0.1, -0.05) is 26.0 Å². The summed E-state index contributed by atoms with van der Waals surface area (Å²) in [5, 5.41) is 3.41. The SMILES string of the molecule is C=C(C)[C@@H]1[C@@H]2[C@H]([C@@H]3N[C@]13C(=O)OCC)C2(C)C. The summed E-state index contributed by atoms with van der Waals surface area (Å²) >= 11 is 0. The van der Waals surface area contributed by atoms with Gasteiger partial charge in [-0.25, -0.2) is 4.79 Å². The van der Waals surface area contributed by atoms with Crippen LogP contribution < -0.4 is 5.32 Å². The molecule has 1 heterocycles. The van der Waals surface area contributed by atoms with Gasteiger partial charge in [0.05, 0.1) is 6.61 Å². The van der Waals surface area contributed by atoms with Crippen molar-refractivity contribution in [3.63, 3.8) is 0 Å². The normalized spacial score (nSPS) is 48.0. The molecule has 3 nitrogen and oxygen atoms in total. The van der Waals surface area contributed by atoms with E-state index in [9.17, 15) is 4.79 Å². The van der Waals surface area contributed by atoms with Crippen LogP contribution in [0.1, 0.15) is 27.7 Å². The average molecular weight is 235 g/mol. The summed E-state index contributed by atoms with van der Waals surface area (Å²) < 4.78 is 5.25. The first-order valence-corrected chi connectivity index (χ1v) is 6.49. The summed E-state index contributed by atoms with van der Waals surface area (Å²) in [6.45, 7) is 13.1. The molecule has 17 heavy (non-hydrogen) atoms. The zero-order chi connectivity index (χ0) is 12.6. The van der Waals surface area contributed by atoms with Crippen molar-refractivity contribution >= 4 is 5.97 Å². The van der Waals surface area contributed by atoms with Crippen LogP contribution in [0, 0.1) is 23.2 Å². The fourth-order valence-corrected chi connectivity index (χ4v) is 4.41. The van der Waals surface area contributed by atoms with Crippen LogP contribution in [0.15, 0.2) is 12.2 Å². The number of fused-ring (bicyclic) bond motifs is 3. The molecule has 1 N–H and O–H groups in total. The van der Waals surface area contributed by atoms with Crippen molar-refractivity contribution in [2.75, 3.05) is 6.61 Å². The van der Waals surface area contributed by atoms with Crippen LogP contribution in [0.25, 0.3) is 0 Å². The number of ether oxygens (including phenoxy) is 1. The molecule has 0 spiro atoms. The van der Waals surface area contributed by atoms with Gasteiger partial charge < -0.3 is 4.74 Å². The standard InChI is InChI=1S/C14H21NO2/c1-6-17-12(16)14-8(7(2)3)9-10(11(14)15-14)13(9,4)5/h8-11,15H,2,6H2,1,3-5H3/t8-,9-,10-,11+,14-/m1/s1. The van der Waals surface area contributed by atoms with Crippen molar-refractivity contribution in [2.45, 2.75) is 39.3 Å². The van der Waals surface area contributed by atoms with Gasteiger partial charge in [-0.2, -0.15) is 0 Å². The van der Waals surface area contributed by atoms with Crippen LogP contribution in [-0.2, 0) is 9.53 Å². The Morgan fingerprint density at radius 2 is 2.06 bits per heavy atom. The minimum Gasteiger partial charge on any atom is -0.465 e. The molecule has 1 saturated heterocycles. The molecule has 1 aliphatic heterocycles. The van der Waals surface area contributed by atoms with Crippen LogP contribution in [0.5, 0.6) is 0 Å². The summed E-state index contributed by atoms with van der Waals surface area (Å²) in [5.41, 5.74) is 1.05. The van der Waals surface area contributed by atoms with E-state index in [1.807, 2.05) is 13.8 Å². The molecule has 5 atom stereocenters. The van der Waals surface area contributed by atoms with E-state index >= 15 is 0 Å². The lowest BCUT2D eigenvalue weighted by Crippen LogP contribution is -2.40. The molecule has 0 aromatic heterocycles. The smallest absolute Gasteiger partial charge is 0.328 e. The lowest BCUT2D eigenvalue weighted by Gasteiger charge is -2.25. The van der Waals surface area contributed by atoms with E-state index in [2.05, 4.69) is 25.7 Å². The molecule has 0 unspecified atom stereocenters. The maximum absolute atomic E-state index is 12.2. The van der Waals surface area contributed by atoms with E-state index in [-0.39, 0.29) is 11.9 Å². The summed E-state index contributed by atoms with van der Waals surface area (Å²) in [6, 6.07) is 0.322. The molecule has 94 valence electrons. The Bertz CT molecular complexity index is 414. The van der Waals surface area contributed by atoms with Crippen LogP contribution >= 0.6 is 0 Å². The monoisotopic (exact) mass is 235 g/mol. The number of nitrogens with one attached hydrogen (secondary N) is 1. The second-order valence-electron chi connectivity index (χ2n) is 6.41. The molecule has 2 aliphatic carbocycles. The Kier molecular flexibility index (Phi) is 1.95. The molecule has 3 heteroatoms. The second-order valence-corrected chi connectivity index (χ2v) is 6.41. The molecule has 3 fully saturated rings. The van der Waals surface area contributed by atoms with E-state index in [0.717, 1.165) is 5.57 Å². The van der Waals surface area contributed by atoms with Crippen molar-refractivity contribution in [3.8, 4) is 0 Å². The zero-order valence-corrected chi connectivity index (χ0v) is 11.0. The first-order chi connectivity index (χ1) is 7.89. The van der Waals surface area contributed by atoms with Gasteiger partial charge in [-0.15, -0.1) is 0 Å². The Balaban J connectivity index is 1.92. The minimum absolute atomic E-state index is 0.0685. The van der Waals surface area contributed by atoms with Gasteiger partial charge in [0.25, 0.3) is 0 Å². The molecule has 2 saturated carbocycles. The van der Waals surface area contributed by atoms with Crippen LogP contribution in [0.2, 0.25) is 0 Å². The Hall–Kier alpha value is -0.830. The maximum atomic E-state index is 12.2. The van der Waals surface area contributed by atoms with E-state index in [1.54, 1.807) is 0 Å². The third kappa shape index (κ3) is 1.09. The molecule has 0 aromatic rings. The lowest BCUT2D eigenvalue weighted by molar-refractivity contribution is -0.147. The molecule has 3 aliphatic rings. The number of esters is 1. The van der Waals surface area contributed by atoms with Crippen LogP contribution in [-0.4, -0.2) is 24.2 Å². The van der Waals surface area contributed by atoms with Gasteiger partial charge in [0.15, 0.2) is 0 Å². The summed E-state index contributed by atoms with van der Waals surface area (Å²) in [6.07, 6.45) is 0. The Morgan fingerprint density at radius 1 is 1.41 bits per heavy atom. The topological polar surface area (TPSA) is 48.2 Å². The van der Waals surface area contributed by atoms with Gasteiger partial charge >= 0.3 is 5.97 Å². The fourth-order valence-electron chi connectivity index (χ4n) is 4.41. The van der Waals surface area contributed by atoms with Crippen molar-refractivity contribution in [3.05, 3.63) is 12.2 Å². The van der Waals surface area contributed by atoms with Crippen LogP contribution in [0.4, 0.5) is 0 Å². The zero-order valence-electron chi connectivity index (χ0n) is 11.0. The third-order valence-electron chi connectivity index (χ3n) is 5.15. The largest absolute Gasteiger partial charge is 0.465 e. The molecular formula is C14H21NO2. The number of hydrogen-bond donors (Lipinski definition) is 1. The molecule has 0 aromatic carbocycles. The Morgan fingerprint density at radius 3 is 2.59 bits per heavy atom. The van der Waals surface area contributed by atoms with E-state index in [1.165, 1.54) is 0 Å². The number of rotatable bonds is 3. The van der Waals surface area contributed by atoms with Crippen LogP contribution in [0.3, 0.4) is 0 Å². The lowest BCUT2D eigenvalue weighted by atomic mass is 9.79. The second kappa shape index (κ2) is 2.94. The van der Waals surface area contributed by atoms with Crippen molar-refractivity contribution in [2.24, 2.45) is 23.2 Å². The Labute approximate surface area is 103 Å². The predicted octanol–water partition coefficient (Wildman–Crippen LogP) is 1.74. The first-order valence-electron chi connectivity index (χ1n) is 6.49. The number of carbonyl (C=O) groups is 1. The summed E-state index contributed by atoms with van der Waals surface area (Å²) in [5.74, 6) is 1.41. The number of piperidine rings is 1. The predicted molar refractivity (Wildman–Crippen MR) is 65.4 cm³/mol. The highest BCUT2D eigenvalue weighted by molar-refractivity contribution is 5.89. The van der Waals surface area contributed by atoms with E-state index in [4.69, 9.17) is 4.74 Å². The van der Waals surface area contributed by atoms with Gasteiger partial charge in [-0.05, 0) is 31.1 Å². The van der Waals surface area contributed by atoms with Gasteiger partial charge in [0.2, 0.25) is 0 Å². The quantitative estimate of drug-likeness (QED) is 0.460. The first kappa shape index (κ1) is 11.3. The third-order valence-corrected chi connectivity index (χ3v) is 5.15. The highest BCUT2D eigenvalue weighted by Crippen LogP contribution is 2.77. The van der Waals surface area contributed by atoms with Crippen molar-refractivity contribution in [1.29, 1.82) is 0 Å². The molecule has 0 radical (unpaired) electrons.